The second kappa shape index (κ2) is 8.86. The lowest BCUT2D eigenvalue weighted by molar-refractivity contribution is 0.0956. The molecule has 3 heterocycles. The Morgan fingerprint density at radius 1 is 1.15 bits per heavy atom. The predicted octanol–water partition coefficient (Wildman–Crippen LogP) is 4.21. The monoisotopic (exact) mass is 389 g/mol. The van der Waals surface area contributed by atoms with Crippen LogP contribution in [-0.2, 0) is 6.42 Å². The molecule has 0 spiro atoms. The molecule has 1 N–H and O–H groups in total. The molecule has 136 valence electrons. The van der Waals surface area contributed by atoms with Crippen molar-refractivity contribution in [1.29, 1.82) is 0 Å². The van der Waals surface area contributed by atoms with Gasteiger partial charge in [-0.05, 0) is 43.3 Å². The third-order valence-corrected chi connectivity index (χ3v) is 5.79. The maximum atomic E-state index is 12.0. The number of ketones is 1. The van der Waals surface area contributed by atoms with Crippen molar-refractivity contribution in [3.8, 4) is 10.7 Å². The summed E-state index contributed by atoms with van der Waals surface area (Å²) in [5.74, 6) is 1.15. The van der Waals surface area contributed by atoms with Crippen molar-refractivity contribution in [3.05, 3.63) is 45.3 Å². The number of hydrogen-bond acceptors (Lipinski definition) is 7. The minimum Gasteiger partial charge on any atom is -0.351 e. The molecule has 0 saturated heterocycles. The molecule has 0 aromatic carbocycles. The number of hydrogen-bond donors (Lipinski definition) is 1. The number of aromatic nitrogens is 2. The van der Waals surface area contributed by atoms with Crippen molar-refractivity contribution in [2.45, 2.75) is 32.6 Å². The van der Waals surface area contributed by atoms with E-state index in [-0.39, 0.29) is 11.7 Å². The highest BCUT2D eigenvalue weighted by molar-refractivity contribution is 7.16. The lowest BCUT2D eigenvalue weighted by Gasteiger charge is -2.02. The van der Waals surface area contributed by atoms with Gasteiger partial charge in [-0.3, -0.25) is 9.59 Å². The van der Waals surface area contributed by atoms with E-state index in [1.54, 1.807) is 23.5 Å². The fraction of sp³-hybridized carbons (Fsp3) is 0.333. The average molecular weight is 390 g/mol. The molecule has 0 saturated carbocycles. The molecule has 0 atom stereocenters. The average Bonchev–Trinajstić information content (AvgIpc) is 3.38. The van der Waals surface area contributed by atoms with Crippen LogP contribution in [0.3, 0.4) is 0 Å². The van der Waals surface area contributed by atoms with Gasteiger partial charge in [0.1, 0.15) is 0 Å². The summed E-state index contributed by atoms with van der Waals surface area (Å²) in [4.78, 5) is 29.8. The van der Waals surface area contributed by atoms with E-state index >= 15 is 0 Å². The molecule has 26 heavy (non-hydrogen) atoms. The van der Waals surface area contributed by atoms with Gasteiger partial charge in [0.2, 0.25) is 11.7 Å². The van der Waals surface area contributed by atoms with Gasteiger partial charge < -0.3 is 9.84 Å². The molecule has 0 unspecified atom stereocenters. The van der Waals surface area contributed by atoms with Crippen LogP contribution in [0, 0.1) is 0 Å². The van der Waals surface area contributed by atoms with Gasteiger partial charge in [0, 0.05) is 13.0 Å². The topological polar surface area (TPSA) is 85.1 Å². The standard InChI is InChI=1S/C18H19N3O3S2/c1-12(22)13-8-9-15(26-13)18(23)19-10-4-2-3-7-16-20-17(21-24-16)14-6-5-11-25-14/h5-6,8-9,11H,2-4,7,10H2,1H3,(H,19,23). The summed E-state index contributed by atoms with van der Waals surface area (Å²) in [6.07, 6.45) is 3.50. The molecule has 0 aliphatic carbocycles. The van der Waals surface area contributed by atoms with E-state index in [4.69, 9.17) is 4.52 Å². The number of carbonyl (C=O) groups is 2. The Hall–Kier alpha value is -2.32. The highest BCUT2D eigenvalue weighted by Crippen LogP contribution is 2.21. The Balaban J connectivity index is 1.33. The number of aryl methyl sites for hydroxylation is 1. The molecule has 8 heteroatoms. The number of amides is 1. The lowest BCUT2D eigenvalue weighted by atomic mass is 10.2. The van der Waals surface area contributed by atoms with Gasteiger partial charge >= 0.3 is 0 Å². The van der Waals surface area contributed by atoms with Gasteiger partial charge in [0.25, 0.3) is 5.91 Å². The van der Waals surface area contributed by atoms with E-state index < -0.39 is 0 Å². The number of unbranched alkanes of at least 4 members (excludes halogenated alkanes) is 2. The van der Waals surface area contributed by atoms with Crippen LogP contribution < -0.4 is 5.32 Å². The molecule has 0 aliphatic rings. The van der Waals surface area contributed by atoms with Gasteiger partial charge in [-0.1, -0.05) is 17.6 Å². The van der Waals surface area contributed by atoms with Crippen LogP contribution in [0.15, 0.2) is 34.2 Å². The van der Waals surface area contributed by atoms with E-state index in [0.717, 1.165) is 30.6 Å². The van der Waals surface area contributed by atoms with E-state index in [1.807, 2.05) is 17.5 Å². The van der Waals surface area contributed by atoms with E-state index in [2.05, 4.69) is 15.5 Å². The highest BCUT2D eigenvalue weighted by Gasteiger charge is 2.11. The second-order valence-corrected chi connectivity index (χ2v) is 7.81. The Labute approximate surface area is 159 Å². The van der Waals surface area contributed by atoms with Crippen molar-refractivity contribution < 1.29 is 14.1 Å². The zero-order chi connectivity index (χ0) is 18.4. The molecule has 0 radical (unpaired) electrons. The molecule has 3 aromatic rings. The predicted molar refractivity (Wildman–Crippen MR) is 102 cm³/mol. The molecule has 3 aromatic heterocycles. The molecular weight excluding hydrogens is 370 g/mol. The first kappa shape index (κ1) is 18.5. The largest absolute Gasteiger partial charge is 0.351 e. The molecule has 3 rings (SSSR count). The normalized spacial score (nSPS) is 10.8. The zero-order valence-electron chi connectivity index (χ0n) is 14.4. The molecule has 1 amide bonds. The van der Waals surface area contributed by atoms with Gasteiger partial charge in [-0.25, -0.2) is 0 Å². The van der Waals surface area contributed by atoms with Crippen molar-refractivity contribution in [1.82, 2.24) is 15.5 Å². The van der Waals surface area contributed by atoms with Crippen molar-refractivity contribution >= 4 is 34.4 Å². The smallest absolute Gasteiger partial charge is 0.261 e. The second-order valence-electron chi connectivity index (χ2n) is 5.78. The minimum atomic E-state index is -0.125. The van der Waals surface area contributed by atoms with Crippen molar-refractivity contribution in [2.24, 2.45) is 0 Å². The fourth-order valence-corrected chi connectivity index (χ4v) is 3.85. The van der Waals surface area contributed by atoms with Crippen LogP contribution in [0.1, 0.15) is 51.4 Å². The van der Waals surface area contributed by atoms with Crippen LogP contribution in [0.25, 0.3) is 10.7 Å². The number of thiophene rings is 2. The number of carbonyl (C=O) groups excluding carboxylic acids is 2. The first-order chi connectivity index (χ1) is 12.6. The van der Waals surface area contributed by atoms with Crippen LogP contribution in [-0.4, -0.2) is 28.4 Å². The maximum Gasteiger partial charge on any atom is 0.261 e. The molecule has 6 nitrogen and oxygen atoms in total. The van der Waals surface area contributed by atoms with Crippen LogP contribution >= 0.6 is 22.7 Å². The van der Waals surface area contributed by atoms with Crippen LogP contribution in [0.5, 0.6) is 0 Å². The highest BCUT2D eigenvalue weighted by atomic mass is 32.1. The minimum absolute atomic E-state index is 0.0164. The molecule has 0 bridgehead atoms. The summed E-state index contributed by atoms with van der Waals surface area (Å²) in [6.45, 7) is 2.11. The van der Waals surface area contributed by atoms with Crippen molar-refractivity contribution in [2.75, 3.05) is 6.54 Å². The van der Waals surface area contributed by atoms with Crippen LogP contribution in [0.2, 0.25) is 0 Å². The lowest BCUT2D eigenvalue weighted by Crippen LogP contribution is -2.23. The third kappa shape index (κ3) is 4.86. The Kier molecular flexibility index (Phi) is 6.30. The van der Waals surface area contributed by atoms with E-state index in [1.165, 1.54) is 18.3 Å². The SMILES string of the molecule is CC(=O)c1ccc(C(=O)NCCCCCc2nc(-c3cccs3)no2)s1. The summed E-state index contributed by atoms with van der Waals surface area (Å²) < 4.78 is 5.26. The number of rotatable bonds is 9. The Bertz CT molecular complexity index is 868. The quantitative estimate of drug-likeness (QED) is 0.438. The van der Waals surface area contributed by atoms with E-state index in [0.29, 0.717) is 28.0 Å². The summed E-state index contributed by atoms with van der Waals surface area (Å²) >= 11 is 2.81. The Morgan fingerprint density at radius 3 is 2.73 bits per heavy atom. The van der Waals surface area contributed by atoms with Gasteiger partial charge in [0.05, 0.1) is 14.6 Å². The first-order valence-electron chi connectivity index (χ1n) is 8.39. The molecule has 0 aliphatic heterocycles. The first-order valence-corrected chi connectivity index (χ1v) is 10.1. The Morgan fingerprint density at radius 2 is 2.00 bits per heavy atom. The van der Waals surface area contributed by atoms with Crippen molar-refractivity contribution in [3.63, 3.8) is 0 Å². The number of nitrogens with zero attached hydrogens (tertiary/aromatic N) is 2. The number of Topliss-reactive ketones (excluding diaryl/α,β-unsaturated/α-hetero) is 1. The van der Waals surface area contributed by atoms with Gasteiger partial charge in [-0.2, -0.15) is 4.98 Å². The van der Waals surface area contributed by atoms with Gasteiger partial charge in [0.15, 0.2) is 5.78 Å². The number of nitrogens with one attached hydrogen (secondary N) is 1. The van der Waals surface area contributed by atoms with Gasteiger partial charge in [-0.15, -0.1) is 22.7 Å². The van der Waals surface area contributed by atoms with Crippen LogP contribution in [0.4, 0.5) is 0 Å². The zero-order valence-corrected chi connectivity index (χ0v) is 16.0. The maximum absolute atomic E-state index is 12.0. The molecule has 0 fully saturated rings. The van der Waals surface area contributed by atoms with E-state index in [9.17, 15) is 9.59 Å². The molecular formula is C18H19N3O3S2. The summed E-state index contributed by atoms with van der Waals surface area (Å²) in [5.41, 5.74) is 0. The summed E-state index contributed by atoms with van der Waals surface area (Å²) in [5, 5.41) is 8.85. The third-order valence-electron chi connectivity index (χ3n) is 3.74. The fourth-order valence-electron chi connectivity index (χ4n) is 2.38. The summed E-state index contributed by atoms with van der Waals surface area (Å²) in [7, 11) is 0. The summed E-state index contributed by atoms with van der Waals surface area (Å²) in [6, 6.07) is 7.31.